The van der Waals surface area contributed by atoms with E-state index in [1.54, 1.807) is 0 Å². The van der Waals surface area contributed by atoms with Crippen LogP contribution >= 0.6 is 0 Å². The Morgan fingerprint density at radius 1 is 1.16 bits per heavy atom. The minimum Gasteiger partial charge on any atom is -0.348 e. The molecule has 4 nitrogen and oxygen atoms in total. The molecular weight excluding hydrogens is 238 g/mol. The summed E-state index contributed by atoms with van der Waals surface area (Å²) in [7, 11) is 1.95. The van der Waals surface area contributed by atoms with Crippen molar-refractivity contribution < 1.29 is 4.79 Å². The number of aryl methyl sites for hydroxylation is 1. The zero-order chi connectivity index (χ0) is 13.2. The highest BCUT2D eigenvalue weighted by atomic mass is 16.2. The fraction of sp³-hybridized carbons (Fsp3) is 0.733. The van der Waals surface area contributed by atoms with E-state index in [-0.39, 0.29) is 5.91 Å². The van der Waals surface area contributed by atoms with Gasteiger partial charge in [0.15, 0.2) is 5.69 Å². The van der Waals surface area contributed by atoms with E-state index in [0.29, 0.717) is 11.7 Å². The molecule has 0 radical (unpaired) electrons. The number of carbonyl (C=O) groups is 1. The van der Waals surface area contributed by atoms with Crippen LogP contribution in [-0.2, 0) is 19.9 Å². The zero-order valence-electron chi connectivity index (χ0n) is 11.7. The third kappa shape index (κ3) is 2.53. The Hall–Kier alpha value is -1.32. The Morgan fingerprint density at radius 2 is 1.89 bits per heavy atom. The Labute approximate surface area is 114 Å². The van der Waals surface area contributed by atoms with Crippen LogP contribution in [0.4, 0.5) is 0 Å². The van der Waals surface area contributed by atoms with Gasteiger partial charge in [-0.25, -0.2) is 0 Å². The Morgan fingerprint density at radius 3 is 2.63 bits per heavy atom. The molecule has 1 aromatic rings. The molecule has 104 valence electrons. The molecule has 1 aromatic heterocycles. The van der Waals surface area contributed by atoms with E-state index in [1.807, 2.05) is 11.7 Å². The Bertz CT molecular complexity index is 470. The average Bonchev–Trinajstić information content (AvgIpc) is 2.88. The lowest BCUT2D eigenvalue weighted by Gasteiger charge is -2.15. The molecule has 0 aromatic carbocycles. The summed E-state index contributed by atoms with van der Waals surface area (Å²) in [6.07, 6.45) is 10.6. The van der Waals surface area contributed by atoms with Crippen LogP contribution in [0.3, 0.4) is 0 Å². The van der Waals surface area contributed by atoms with Gasteiger partial charge in [0.1, 0.15) is 0 Å². The summed E-state index contributed by atoms with van der Waals surface area (Å²) in [5.74, 6) is 0.0469. The average molecular weight is 261 g/mol. The van der Waals surface area contributed by atoms with E-state index in [1.165, 1.54) is 36.9 Å². The molecule has 4 heteroatoms. The van der Waals surface area contributed by atoms with Gasteiger partial charge in [0, 0.05) is 24.3 Å². The van der Waals surface area contributed by atoms with Gasteiger partial charge in [-0.1, -0.05) is 25.7 Å². The van der Waals surface area contributed by atoms with E-state index < -0.39 is 0 Å². The number of hydrogen-bond acceptors (Lipinski definition) is 2. The first-order chi connectivity index (χ1) is 9.25. The predicted octanol–water partition coefficient (Wildman–Crippen LogP) is 2.36. The van der Waals surface area contributed by atoms with Crippen LogP contribution in [0.2, 0.25) is 0 Å². The molecule has 2 aliphatic rings. The van der Waals surface area contributed by atoms with Crippen LogP contribution in [0.1, 0.15) is 66.7 Å². The maximum atomic E-state index is 12.4. The van der Waals surface area contributed by atoms with Gasteiger partial charge in [-0.05, 0) is 32.1 Å². The molecule has 0 unspecified atom stereocenters. The second-order valence-corrected chi connectivity index (χ2v) is 5.91. The summed E-state index contributed by atoms with van der Waals surface area (Å²) in [6.45, 7) is 0. The molecule has 0 bridgehead atoms. The van der Waals surface area contributed by atoms with Gasteiger partial charge in [0.25, 0.3) is 5.91 Å². The van der Waals surface area contributed by atoms with Crippen molar-refractivity contribution in [3.63, 3.8) is 0 Å². The van der Waals surface area contributed by atoms with Crippen molar-refractivity contribution in [1.82, 2.24) is 15.1 Å². The van der Waals surface area contributed by atoms with E-state index in [4.69, 9.17) is 0 Å². The number of hydrogen-bond donors (Lipinski definition) is 1. The number of rotatable bonds is 2. The van der Waals surface area contributed by atoms with Crippen molar-refractivity contribution in [1.29, 1.82) is 0 Å². The SMILES string of the molecule is Cn1nc(C(=O)NC2CCCCCC2)c2c1CCC2. The molecule has 0 spiro atoms. The maximum Gasteiger partial charge on any atom is 0.272 e. The molecule has 3 rings (SSSR count). The van der Waals surface area contributed by atoms with Gasteiger partial charge in [-0.15, -0.1) is 0 Å². The quantitative estimate of drug-likeness (QED) is 0.831. The van der Waals surface area contributed by atoms with Crippen molar-refractivity contribution in [3.8, 4) is 0 Å². The fourth-order valence-electron chi connectivity index (χ4n) is 3.47. The summed E-state index contributed by atoms with van der Waals surface area (Å²) in [5.41, 5.74) is 3.12. The van der Waals surface area contributed by atoms with Crippen molar-refractivity contribution in [3.05, 3.63) is 17.0 Å². The van der Waals surface area contributed by atoms with Crippen LogP contribution in [0.15, 0.2) is 0 Å². The number of nitrogens with zero attached hydrogens (tertiary/aromatic N) is 2. The van der Waals surface area contributed by atoms with Gasteiger partial charge >= 0.3 is 0 Å². The minimum absolute atomic E-state index is 0.0469. The van der Waals surface area contributed by atoms with Crippen molar-refractivity contribution in [2.75, 3.05) is 0 Å². The summed E-state index contributed by atoms with van der Waals surface area (Å²) in [5, 5.41) is 7.63. The molecule has 0 atom stereocenters. The first-order valence-corrected chi connectivity index (χ1v) is 7.61. The number of carbonyl (C=O) groups excluding carboxylic acids is 1. The number of nitrogens with one attached hydrogen (secondary N) is 1. The van der Waals surface area contributed by atoms with Gasteiger partial charge < -0.3 is 5.32 Å². The third-order valence-electron chi connectivity index (χ3n) is 4.52. The lowest BCUT2D eigenvalue weighted by molar-refractivity contribution is 0.0926. The molecule has 19 heavy (non-hydrogen) atoms. The fourth-order valence-corrected chi connectivity index (χ4v) is 3.47. The van der Waals surface area contributed by atoms with Crippen LogP contribution in [-0.4, -0.2) is 21.7 Å². The van der Waals surface area contributed by atoms with Crippen LogP contribution in [0.5, 0.6) is 0 Å². The van der Waals surface area contributed by atoms with Crippen LogP contribution in [0, 0.1) is 0 Å². The lowest BCUT2D eigenvalue weighted by Crippen LogP contribution is -2.35. The molecule has 1 fully saturated rings. The highest BCUT2D eigenvalue weighted by molar-refractivity contribution is 5.94. The van der Waals surface area contributed by atoms with Gasteiger partial charge in [-0.2, -0.15) is 5.10 Å². The van der Waals surface area contributed by atoms with Gasteiger partial charge in [0.2, 0.25) is 0 Å². The van der Waals surface area contributed by atoms with Crippen molar-refractivity contribution >= 4 is 5.91 Å². The summed E-state index contributed by atoms with van der Waals surface area (Å²) in [4.78, 5) is 12.4. The van der Waals surface area contributed by atoms with E-state index in [9.17, 15) is 4.79 Å². The number of fused-ring (bicyclic) bond motifs is 1. The first kappa shape index (κ1) is 12.7. The predicted molar refractivity (Wildman–Crippen MR) is 74.2 cm³/mol. The maximum absolute atomic E-state index is 12.4. The Balaban J connectivity index is 1.72. The highest BCUT2D eigenvalue weighted by Crippen LogP contribution is 2.25. The van der Waals surface area contributed by atoms with E-state index in [0.717, 1.165) is 32.1 Å². The molecule has 1 saturated carbocycles. The molecule has 0 aliphatic heterocycles. The monoisotopic (exact) mass is 261 g/mol. The highest BCUT2D eigenvalue weighted by Gasteiger charge is 2.26. The van der Waals surface area contributed by atoms with Gasteiger partial charge in [-0.3, -0.25) is 9.48 Å². The minimum atomic E-state index is 0.0469. The molecule has 2 aliphatic carbocycles. The molecule has 0 saturated heterocycles. The topological polar surface area (TPSA) is 46.9 Å². The standard InChI is InChI=1S/C15H23N3O/c1-18-13-10-6-9-12(13)14(17-18)15(19)16-11-7-4-2-3-5-8-11/h11H,2-10H2,1H3,(H,16,19). The molecule has 1 amide bonds. The van der Waals surface area contributed by atoms with Gasteiger partial charge in [0.05, 0.1) is 0 Å². The van der Waals surface area contributed by atoms with Crippen molar-refractivity contribution in [2.24, 2.45) is 7.05 Å². The number of amides is 1. The Kier molecular flexibility index (Phi) is 3.58. The second-order valence-electron chi connectivity index (χ2n) is 5.91. The first-order valence-electron chi connectivity index (χ1n) is 7.61. The van der Waals surface area contributed by atoms with E-state index in [2.05, 4.69) is 10.4 Å². The largest absolute Gasteiger partial charge is 0.348 e. The summed E-state index contributed by atoms with van der Waals surface area (Å²) in [6, 6.07) is 0.356. The molecule has 1 N–H and O–H groups in total. The molecular formula is C15H23N3O. The zero-order valence-corrected chi connectivity index (χ0v) is 11.7. The second kappa shape index (κ2) is 5.35. The van der Waals surface area contributed by atoms with Crippen LogP contribution in [0.25, 0.3) is 0 Å². The van der Waals surface area contributed by atoms with E-state index >= 15 is 0 Å². The third-order valence-corrected chi connectivity index (χ3v) is 4.52. The summed E-state index contributed by atoms with van der Waals surface area (Å²) < 4.78 is 1.89. The summed E-state index contributed by atoms with van der Waals surface area (Å²) >= 11 is 0. The smallest absolute Gasteiger partial charge is 0.272 e. The van der Waals surface area contributed by atoms with Crippen molar-refractivity contribution in [2.45, 2.75) is 63.8 Å². The molecule has 1 heterocycles. The number of aromatic nitrogens is 2. The normalized spacial score (nSPS) is 20.1. The van der Waals surface area contributed by atoms with Crippen LogP contribution < -0.4 is 5.32 Å². The lowest BCUT2D eigenvalue weighted by atomic mass is 10.1.